The molecule has 2 heterocycles. The van der Waals surface area contributed by atoms with Crippen LogP contribution in [0.4, 0.5) is 8.78 Å². The van der Waals surface area contributed by atoms with Crippen LogP contribution < -0.4 is 0 Å². The van der Waals surface area contributed by atoms with E-state index >= 15 is 0 Å². The van der Waals surface area contributed by atoms with Gasteiger partial charge in [-0.2, -0.15) is 5.10 Å². The fraction of sp³-hybridized carbons (Fsp3) is 0.500. The number of nitrogens with zero attached hydrogens (tertiary/aromatic N) is 5. The van der Waals surface area contributed by atoms with Gasteiger partial charge in [0.25, 0.3) is 6.43 Å². The molecule has 7 nitrogen and oxygen atoms in total. The van der Waals surface area contributed by atoms with Gasteiger partial charge in [-0.3, -0.25) is 4.68 Å². The van der Waals surface area contributed by atoms with Crippen molar-refractivity contribution in [3.05, 3.63) is 29.3 Å². The van der Waals surface area contributed by atoms with Crippen LogP contribution in [0.15, 0.2) is 12.3 Å². The Labute approximate surface area is 119 Å². The summed E-state index contributed by atoms with van der Waals surface area (Å²) in [7, 11) is 0. The molecule has 0 spiro atoms. The quantitative estimate of drug-likeness (QED) is 0.883. The number of hydrogen-bond donors (Lipinski definition) is 1. The van der Waals surface area contributed by atoms with Crippen LogP contribution in [0, 0.1) is 0 Å². The molecule has 0 aliphatic heterocycles. The Kier molecular flexibility index (Phi) is 4.29. The Morgan fingerprint density at radius 2 is 2.19 bits per heavy atom. The Hall–Kier alpha value is -2.32. The topological polar surface area (TPSA) is 85.8 Å². The molecule has 0 aliphatic rings. The Balaban J connectivity index is 2.27. The Bertz CT molecular complexity index is 637. The monoisotopic (exact) mass is 299 g/mol. The van der Waals surface area contributed by atoms with Crippen LogP contribution in [-0.4, -0.2) is 35.9 Å². The van der Waals surface area contributed by atoms with Crippen LogP contribution >= 0.6 is 0 Å². The van der Waals surface area contributed by atoms with Crippen molar-refractivity contribution in [2.75, 3.05) is 0 Å². The maximum Gasteiger partial charge on any atom is 0.358 e. The van der Waals surface area contributed by atoms with Crippen LogP contribution in [0.3, 0.4) is 0 Å². The van der Waals surface area contributed by atoms with E-state index in [2.05, 4.69) is 15.4 Å². The zero-order valence-electron chi connectivity index (χ0n) is 11.6. The molecule has 2 rings (SSSR count). The minimum atomic E-state index is -2.97. The second kappa shape index (κ2) is 5.98. The van der Waals surface area contributed by atoms with Crippen LogP contribution in [-0.2, 0) is 6.54 Å². The summed E-state index contributed by atoms with van der Waals surface area (Å²) in [4.78, 5) is 10.9. The molecule has 1 N–H and O–H groups in total. The highest BCUT2D eigenvalue weighted by atomic mass is 19.3. The van der Waals surface area contributed by atoms with Gasteiger partial charge in [0, 0.05) is 12.2 Å². The normalized spacial score (nSPS) is 12.8. The second-order valence-electron chi connectivity index (χ2n) is 4.63. The summed E-state index contributed by atoms with van der Waals surface area (Å²) in [6, 6.07) is 1.88. The van der Waals surface area contributed by atoms with E-state index in [0.29, 0.717) is 5.69 Å². The highest BCUT2D eigenvalue weighted by molar-refractivity contribution is 5.86. The molecule has 0 saturated heterocycles. The fourth-order valence-electron chi connectivity index (χ4n) is 1.85. The van der Waals surface area contributed by atoms with E-state index in [9.17, 15) is 13.6 Å². The smallest absolute Gasteiger partial charge is 0.358 e. The number of carboxylic acid groups (broad SMARTS) is 1. The molecule has 9 heteroatoms. The number of rotatable bonds is 6. The summed E-state index contributed by atoms with van der Waals surface area (Å²) < 4.78 is 28.6. The molecule has 0 radical (unpaired) electrons. The van der Waals surface area contributed by atoms with Crippen molar-refractivity contribution in [1.29, 1.82) is 0 Å². The third-order valence-electron chi connectivity index (χ3n) is 3.20. The first-order valence-electron chi connectivity index (χ1n) is 6.42. The van der Waals surface area contributed by atoms with Crippen LogP contribution in [0.25, 0.3) is 0 Å². The molecule has 0 fully saturated rings. The maximum atomic E-state index is 13.0. The zero-order valence-corrected chi connectivity index (χ0v) is 11.6. The largest absolute Gasteiger partial charge is 0.476 e. The second-order valence-corrected chi connectivity index (χ2v) is 4.63. The number of carboxylic acids is 1. The number of aromatic nitrogens is 5. The number of hydrogen-bond acceptors (Lipinski definition) is 4. The van der Waals surface area contributed by atoms with Crippen molar-refractivity contribution in [1.82, 2.24) is 24.8 Å². The van der Waals surface area contributed by atoms with E-state index in [4.69, 9.17) is 5.11 Å². The lowest BCUT2D eigenvalue weighted by Gasteiger charge is -2.08. The van der Waals surface area contributed by atoms with Crippen molar-refractivity contribution in [3.8, 4) is 0 Å². The number of aromatic carboxylic acids is 1. The third kappa shape index (κ3) is 3.06. The first-order valence-corrected chi connectivity index (χ1v) is 6.42. The van der Waals surface area contributed by atoms with E-state index < -0.39 is 23.8 Å². The average molecular weight is 299 g/mol. The third-order valence-corrected chi connectivity index (χ3v) is 3.20. The zero-order chi connectivity index (χ0) is 15.6. The molecule has 0 aromatic carbocycles. The van der Waals surface area contributed by atoms with Gasteiger partial charge in [0.05, 0.1) is 12.2 Å². The van der Waals surface area contributed by atoms with Gasteiger partial charge in [-0.05, 0) is 19.4 Å². The minimum absolute atomic E-state index is 0.0522. The number of halogens is 2. The number of carbonyl (C=O) groups is 1. The molecule has 0 saturated carbocycles. The summed E-state index contributed by atoms with van der Waals surface area (Å²) in [6.07, 6.45) is -0.334. The summed E-state index contributed by atoms with van der Waals surface area (Å²) in [5.41, 5.74) is -0.925. The summed E-state index contributed by atoms with van der Waals surface area (Å²) in [5, 5.41) is 19.9. The van der Waals surface area contributed by atoms with Crippen molar-refractivity contribution >= 4 is 5.97 Å². The van der Waals surface area contributed by atoms with Crippen molar-refractivity contribution in [2.45, 2.75) is 39.3 Å². The fourth-order valence-corrected chi connectivity index (χ4v) is 1.85. The maximum absolute atomic E-state index is 13.0. The summed E-state index contributed by atoms with van der Waals surface area (Å²) in [5.74, 6) is -1.53. The van der Waals surface area contributed by atoms with Gasteiger partial charge in [0.15, 0.2) is 5.69 Å². The van der Waals surface area contributed by atoms with E-state index in [0.717, 1.165) is 11.1 Å². The molecule has 21 heavy (non-hydrogen) atoms. The van der Waals surface area contributed by atoms with Crippen LogP contribution in [0.5, 0.6) is 0 Å². The highest BCUT2D eigenvalue weighted by Gasteiger charge is 2.26. The summed E-state index contributed by atoms with van der Waals surface area (Å²) in [6.45, 7) is 3.94. The lowest BCUT2D eigenvalue weighted by atomic mass is 10.3. The molecule has 2 aromatic rings. The predicted octanol–water partition coefficient (Wildman–Crippen LogP) is 2.13. The lowest BCUT2D eigenvalue weighted by molar-refractivity contribution is 0.0675. The molecule has 0 aliphatic carbocycles. The molecule has 1 unspecified atom stereocenters. The molecule has 2 aromatic heterocycles. The van der Waals surface area contributed by atoms with Gasteiger partial charge in [-0.25, -0.2) is 18.3 Å². The van der Waals surface area contributed by atoms with Crippen LogP contribution in [0.1, 0.15) is 54.6 Å². The van der Waals surface area contributed by atoms with Crippen LogP contribution in [0.2, 0.25) is 0 Å². The Morgan fingerprint density at radius 3 is 2.76 bits per heavy atom. The molecular formula is C12H15F2N5O2. The minimum Gasteiger partial charge on any atom is -0.476 e. The van der Waals surface area contributed by atoms with E-state index in [1.165, 1.54) is 0 Å². The van der Waals surface area contributed by atoms with E-state index in [1.807, 2.05) is 13.8 Å². The van der Waals surface area contributed by atoms with Gasteiger partial charge in [0.2, 0.25) is 0 Å². The van der Waals surface area contributed by atoms with Gasteiger partial charge in [0.1, 0.15) is 5.69 Å². The lowest BCUT2D eigenvalue weighted by Crippen LogP contribution is -2.11. The van der Waals surface area contributed by atoms with E-state index in [-0.39, 0.29) is 12.6 Å². The molecule has 0 amide bonds. The van der Waals surface area contributed by atoms with Crippen molar-refractivity contribution < 1.29 is 18.7 Å². The first-order chi connectivity index (χ1) is 9.93. The standard InChI is InChI=1S/C12H15F2N5O2/c1-3-7(2)18-5-4-8(16-18)6-19-10(11(13)14)9(12(20)21)15-17-19/h4-5,7,11H,3,6H2,1-2H3,(H,20,21). The molecule has 0 bridgehead atoms. The summed E-state index contributed by atoms with van der Waals surface area (Å²) >= 11 is 0. The predicted molar refractivity (Wildman–Crippen MR) is 68.3 cm³/mol. The van der Waals surface area contributed by atoms with Crippen molar-refractivity contribution in [2.24, 2.45) is 0 Å². The first kappa shape index (κ1) is 15.1. The van der Waals surface area contributed by atoms with Gasteiger partial charge >= 0.3 is 5.97 Å². The SMILES string of the molecule is CCC(C)n1ccc(Cn2nnc(C(=O)O)c2C(F)F)n1. The Morgan fingerprint density at radius 1 is 1.48 bits per heavy atom. The average Bonchev–Trinajstić information content (AvgIpc) is 3.05. The molecule has 114 valence electrons. The highest BCUT2D eigenvalue weighted by Crippen LogP contribution is 2.22. The van der Waals surface area contributed by atoms with Gasteiger partial charge < -0.3 is 5.11 Å². The molecule has 1 atom stereocenters. The van der Waals surface area contributed by atoms with Gasteiger partial charge in [-0.1, -0.05) is 12.1 Å². The molecular weight excluding hydrogens is 284 g/mol. The van der Waals surface area contributed by atoms with E-state index in [1.54, 1.807) is 16.9 Å². The van der Waals surface area contributed by atoms with Crippen molar-refractivity contribution in [3.63, 3.8) is 0 Å². The van der Waals surface area contributed by atoms with Gasteiger partial charge in [-0.15, -0.1) is 5.10 Å². The number of alkyl halides is 2.